The van der Waals surface area contributed by atoms with Crippen molar-refractivity contribution in [2.45, 2.75) is 38.8 Å². The minimum atomic E-state index is 0.0905. The number of likely N-dealkylation sites (tertiary alicyclic amines) is 1. The molecule has 1 aliphatic heterocycles. The monoisotopic (exact) mass is 247 g/mol. The summed E-state index contributed by atoms with van der Waals surface area (Å²) < 4.78 is 5.72. The standard InChI is InChI=1S/C15H21NO2/c1-2-3-9-18-14-10-15(17)16(12-14)11-13-7-5-4-6-8-13/h4-8,14H,2-3,9-12H2,1H3/t14-/m0/s1. The van der Waals surface area contributed by atoms with Crippen LogP contribution in [0.5, 0.6) is 0 Å². The zero-order valence-electron chi connectivity index (χ0n) is 11.0. The summed E-state index contributed by atoms with van der Waals surface area (Å²) in [5, 5.41) is 0. The summed E-state index contributed by atoms with van der Waals surface area (Å²) >= 11 is 0. The van der Waals surface area contributed by atoms with E-state index in [2.05, 4.69) is 19.1 Å². The number of carbonyl (C=O) groups excluding carboxylic acids is 1. The average molecular weight is 247 g/mol. The predicted octanol–water partition coefficient (Wildman–Crippen LogP) is 2.60. The Labute approximate surface area is 109 Å². The lowest BCUT2D eigenvalue weighted by molar-refractivity contribution is -0.128. The van der Waals surface area contributed by atoms with Crippen molar-refractivity contribution >= 4 is 5.91 Å². The molecule has 1 saturated heterocycles. The molecule has 0 unspecified atom stereocenters. The lowest BCUT2D eigenvalue weighted by atomic mass is 10.2. The Morgan fingerprint density at radius 2 is 2.11 bits per heavy atom. The maximum absolute atomic E-state index is 11.9. The van der Waals surface area contributed by atoms with Crippen LogP contribution in [0.15, 0.2) is 30.3 Å². The third kappa shape index (κ3) is 3.57. The topological polar surface area (TPSA) is 29.5 Å². The van der Waals surface area contributed by atoms with E-state index in [9.17, 15) is 4.79 Å². The van der Waals surface area contributed by atoms with Crippen molar-refractivity contribution in [3.05, 3.63) is 35.9 Å². The van der Waals surface area contributed by atoms with Gasteiger partial charge in [-0.1, -0.05) is 43.7 Å². The fourth-order valence-corrected chi connectivity index (χ4v) is 2.20. The molecule has 0 saturated carbocycles. The molecule has 3 heteroatoms. The predicted molar refractivity (Wildman–Crippen MR) is 71.1 cm³/mol. The van der Waals surface area contributed by atoms with Gasteiger partial charge in [-0.3, -0.25) is 4.79 Å². The molecular formula is C15H21NO2. The summed E-state index contributed by atoms with van der Waals surface area (Å²) in [6.45, 7) is 4.35. The molecular weight excluding hydrogens is 226 g/mol. The fourth-order valence-electron chi connectivity index (χ4n) is 2.20. The molecule has 0 aromatic heterocycles. The molecule has 0 N–H and O–H groups in total. The van der Waals surface area contributed by atoms with Crippen molar-refractivity contribution in [2.75, 3.05) is 13.2 Å². The first kappa shape index (κ1) is 13.1. The van der Waals surface area contributed by atoms with Crippen LogP contribution in [0, 0.1) is 0 Å². The summed E-state index contributed by atoms with van der Waals surface area (Å²) in [7, 11) is 0. The third-order valence-corrected chi connectivity index (χ3v) is 3.25. The number of carbonyl (C=O) groups is 1. The van der Waals surface area contributed by atoms with E-state index in [4.69, 9.17) is 4.74 Å². The van der Waals surface area contributed by atoms with E-state index in [0.717, 1.165) is 26.0 Å². The number of nitrogens with zero attached hydrogens (tertiary/aromatic N) is 1. The molecule has 1 amide bonds. The van der Waals surface area contributed by atoms with Gasteiger partial charge in [-0.2, -0.15) is 0 Å². The molecule has 1 atom stereocenters. The number of amides is 1. The van der Waals surface area contributed by atoms with Gasteiger partial charge >= 0.3 is 0 Å². The van der Waals surface area contributed by atoms with Gasteiger partial charge in [0.1, 0.15) is 0 Å². The average Bonchev–Trinajstić information content (AvgIpc) is 2.72. The van der Waals surface area contributed by atoms with E-state index < -0.39 is 0 Å². The Hall–Kier alpha value is -1.35. The van der Waals surface area contributed by atoms with Gasteiger partial charge in [0, 0.05) is 19.7 Å². The maximum Gasteiger partial charge on any atom is 0.225 e. The van der Waals surface area contributed by atoms with Gasteiger partial charge < -0.3 is 9.64 Å². The molecule has 1 aromatic carbocycles. The van der Waals surface area contributed by atoms with E-state index in [1.807, 2.05) is 23.1 Å². The largest absolute Gasteiger partial charge is 0.376 e. The highest BCUT2D eigenvalue weighted by atomic mass is 16.5. The van der Waals surface area contributed by atoms with Crippen molar-refractivity contribution in [3.63, 3.8) is 0 Å². The van der Waals surface area contributed by atoms with Crippen molar-refractivity contribution in [3.8, 4) is 0 Å². The first-order valence-corrected chi connectivity index (χ1v) is 6.73. The molecule has 0 aliphatic carbocycles. The van der Waals surface area contributed by atoms with E-state index in [1.165, 1.54) is 5.56 Å². The SMILES string of the molecule is CCCCO[C@H]1CC(=O)N(Cc2ccccc2)C1. The Kier molecular flexibility index (Phi) is 4.76. The fraction of sp³-hybridized carbons (Fsp3) is 0.533. The number of unbranched alkanes of at least 4 members (excludes halogenated alkanes) is 1. The van der Waals surface area contributed by atoms with Gasteiger partial charge in [0.2, 0.25) is 5.91 Å². The quantitative estimate of drug-likeness (QED) is 0.723. The summed E-state index contributed by atoms with van der Waals surface area (Å²) in [6.07, 6.45) is 2.83. The Balaban J connectivity index is 1.82. The molecule has 1 aromatic rings. The zero-order valence-corrected chi connectivity index (χ0v) is 11.0. The van der Waals surface area contributed by atoms with Crippen LogP contribution < -0.4 is 0 Å². The van der Waals surface area contributed by atoms with Crippen LogP contribution in [0.4, 0.5) is 0 Å². The number of rotatable bonds is 6. The van der Waals surface area contributed by atoms with Crippen LogP contribution in [0.3, 0.4) is 0 Å². The van der Waals surface area contributed by atoms with Gasteiger partial charge in [-0.05, 0) is 12.0 Å². The Morgan fingerprint density at radius 1 is 1.33 bits per heavy atom. The molecule has 1 aliphatic rings. The summed E-state index contributed by atoms with van der Waals surface area (Å²) in [6, 6.07) is 10.1. The second-order valence-corrected chi connectivity index (χ2v) is 4.81. The first-order valence-electron chi connectivity index (χ1n) is 6.73. The lowest BCUT2D eigenvalue weighted by Crippen LogP contribution is -2.26. The van der Waals surface area contributed by atoms with Gasteiger partial charge in [0.15, 0.2) is 0 Å². The van der Waals surface area contributed by atoms with Gasteiger partial charge in [0.25, 0.3) is 0 Å². The molecule has 0 bridgehead atoms. The lowest BCUT2D eigenvalue weighted by Gasteiger charge is -2.16. The van der Waals surface area contributed by atoms with Gasteiger partial charge in [-0.25, -0.2) is 0 Å². The molecule has 3 nitrogen and oxygen atoms in total. The molecule has 98 valence electrons. The second-order valence-electron chi connectivity index (χ2n) is 4.81. The number of hydrogen-bond donors (Lipinski definition) is 0. The third-order valence-electron chi connectivity index (χ3n) is 3.25. The summed E-state index contributed by atoms with van der Waals surface area (Å²) in [5.41, 5.74) is 1.18. The minimum Gasteiger partial charge on any atom is -0.376 e. The van der Waals surface area contributed by atoms with Gasteiger partial charge in [-0.15, -0.1) is 0 Å². The van der Waals surface area contributed by atoms with Crippen LogP contribution in [-0.4, -0.2) is 30.1 Å². The van der Waals surface area contributed by atoms with E-state index in [0.29, 0.717) is 13.0 Å². The molecule has 1 heterocycles. The highest BCUT2D eigenvalue weighted by molar-refractivity contribution is 5.79. The molecule has 18 heavy (non-hydrogen) atoms. The maximum atomic E-state index is 11.9. The first-order chi connectivity index (χ1) is 8.79. The highest BCUT2D eigenvalue weighted by Crippen LogP contribution is 2.17. The Bertz CT molecular complexity index is 377. The van der Waals surface area contributed by atoms with Crippen molar-refractivity contribution < 1.29 is 9.53 Å². The zero-order chi connectivity index (χ0) is 12.8. The Morgan fingerprint density at radius 3 is 2.83 bits per heavy atom. The van der Waals surface area contributed by atoms with Crippen molar-refractivity contribution in [2.24, 2.45) is 0 Å². The van der Waals surface area contributed by atoms with Crippen LogP contribution in [0.1, 0.15) is 31.7 Å². The van der Waals surface area contributed by atoms with E-state index in [-0.39, 0.29) is 12.0 Å². The molecule has 1 fully saturated rings. The number of hydrogen-bond acceptors (Lipinski definition) is 2. The van der Waals surface area contributed by atoms with Gasteiger partial charge in [0.05, 0.1) is 12.5 Å². The summed E-state index contributed by atoms with van der Waals surface area (Å²) in [5.74, 6) is 0.209. The van der Waals surface area contributed by atoms with Crippen molar-refractivity contribution in [1.82, 2.24) is 4.90 Å². The van der Waals surface area contributed by atoms with Crippen molar-refractivity contribution in [1.29, 1.82) is 0 Å². The molecule has 0 radical (unpaired) electrons. The second kappa shape index (κ2) is 6.55. The van der Waals surface area contributed by atoms with E-state index in [1.54, 1.807) is 0 Å². The van der Waals surface area contributed by atoms with Crippen LogP contribution >= 0.6 is 0 Å². The summed E-state index contributed by atoms with van der Waals surface area (Å²) in [4.78, 5) is 13.8. The minimum absolute atomic E-state index is 0.0905. The number of ether oxygens (including phenoxy) is 1. The normalized spacial score (nSPS) is 19.5. The van der Waals surface area contributed by atoms with Crippen LogP contribution in [0.2, 0.25) is 0 Å². The smallest absolute Gasteiger partial charge is 0.225 e. The van der Waals surface area contributed by atoms with Crippen LogP contribution in [-0.2, 0) is 16.1 Å². The molecule has 2 rings (SSSR count). The van der Waals surface area contributed by atoms with Crippen LogP contribution in [0.25, 0.3) is 0 Å². The molecule has 0 spiro atoms. The number of benzene rings is 1. The highest BCUT2D eigenvalue weighted by Gasteiger charge is 2.29. The van der Waals surface area contributed by atoms with E-state index >= 15 is 0 Å².